The van der Waals surface area contributed by atoms with Crippen LogP contribution in [0, 0.1) is 20.8 Å². The van der Waals surface area contributed by atoms with E-state index in [1.54, 1.807) is 6.07 Å². The highest BCUT2D eigenvalue weighted by Gasteiger charge is 2.22. The molecule has 0 atom stereocenters. The highest BCUT2D eigenvalue weighted by Crippen LogP contribution is 2.33. The first-order valence-electron chi connectivity index (χ1n) is 8.72. The highest BCUT2D eigenvalue weighted by molar-refractivity contribution is 9.10. The Kier molecular flexibility index (Phi) is 6.64. The Labute approximate surface area is 162 Å². The monoisotopic (exact) mass is 420 g/mol. The summed E-state index contributed by atoms with van der Waals surface area (Å²) >= 11 is 3.48. The molecule has 1 aromatic heterocycles. The van der Waals surface area contributed by atoms with Crippen molar-refractivity contribution in [3.63, 3.8) is 0 Å². The molecule has 140 valence electrons. The summed E-state index contributed by atoms with van der Waals surface area (Å²) in [6, 6.07) is 5.65. The molecular weight excluding hydrogens is 396 g/mol. The predicted molar refractivity (Wildman–Crippen MR) is 108 cm³/mol. The molecule has 1 heterocycles. The number of ether oxygens (including phenoxy) is 1. The number of carboxylic acids is 1. The fourth-order valence-electron chi connectivity index (χ4n) is 2.89. The fourth-order valence-corrected chi connectivity index (χ4v) is 3.58. The van der Waals surface area contributed by atoms with Crippen LogP contribution in [0.5, 0.6) is 5.75 Å². The number of nitrogens with zero attached hydrogens (tertiary/aromatic N) is 1. The van der Waals surface area contributed by atoms with Crippen LogP contribution in [0.25, 0.3) is 0 Å². The standard InChI is InChI=1S/C20H25BrN2O3/c1-6-15(7-2)26-16-10-13(5)22-19(17(16)20(24)25)23-18-11(3)8-14(21)9-12(18)4/h8-10,15H,6-7H2,1-5H3,(H,22,23)(H,24,25). The molecule has 2 N–H and O–H groups in total. The SMILES string of the molecule is CCC(CC)Oc1cc(C)nc(Nc2c(C)cc(Br)cc2C)c1C(=O)O. The Bertz CT molecular complexity index is 794. The first-order chi connectivity index (χ1) is 12.3. The Morgan fingerprint density at radius 2 is 1.77 bits per heavy atom. The average molecular weight is 421 g/mol. The molecule has 0 unspecified atom stereocenters. The van der Waals surface area contributed by atoms with Gasteiger partial charge in [0.05, 0.1) is 6.10 Å². The third-order valence-electron chi connectivity index (χ3n) is 4.27. The molecule has 0 aliphatic rings. The molecule has 6 heteroatoms. The van der Waals surface area contributed by atoms with E-state index in [1.807, 2.05) is 46.8 Å². The number of nitrogens with one attached hydrogen (secondary N) is 1. The molecule has 26 heavy (non-hydrogen) atoms. The van der Waals surface area contributed by atoms with Gasteiger partial charge in [0.1, 0.15) is 17.1 Å². The second-order valence-corrected chi connectivity index (χ2v) is 7.30. The summed E-state index contributed by atoms with van der Waals surface area (Å²) in [6.45, 7) is 9.82. The lowest BCUT2D eigenvalue weighted by atomic mass is 10.1. The minimum Gasteiger partial charge on any atom is -0.489 e. The van der Waals surface area contributed by atoms with E-state index in [0.717, 1.165) is 34.1 Å². The van der Waals surface area contributed by atoms with Crippen molar-refractivity contribution >= 4 is 33.4 Å². The number of hydrogen-bond acceptors (Lipinski definition) is 4. The van der Waals surface area contributed by atoms with Crippen LogP contribution in [0.3, 0.4) is 0 Å². The minimum atomic E-state index is -1.06. The van der Waals surface area contributed by atoms with E-state index in [9.17, 15) is 9.90 Å². The number of carboxylic acid groups (broad SMARTS) is 1. The summed E-state index contributed by atoms with van der Waals surface area (Å²) in [5, 5.41) is 13.0. The van der Waals surface area contributed by atoms with Crippen molar-refractivity contribution in [1.82, 2.24) is 4.98 Å². The summed E-state index contributed by atoms with van der Waals surface area (Å²) in [7, 11) is 0. The molecule has 0 amide bonds. The molecular formula is C20H25BrN2O3. The number of anilines is 2. The molecule has 0 aliphatic heterocycles. The fraction of sp³-hybridized carbons (Fsp3) is 0.400. The smallest absolute Gasteiger partial charge is 0.343 e. The van der Waals surface area contributed by atoms with E-state index >= 15 is 0 Å². The van der Waals surface area contributed by atoms with Crippen LogP contribution in [-0.2, 0) is 0 Å². The van der Waals surface area contributed by atoms with Gasteiger partial charge in [0, 0.05) is 21.9 Å². The minimum absolute atomic E-state index is 0.0288. The third kappa shape index (κ3) is 4.55. The van der Waals surface area contributed by atoms with E-state index in [1.165, 1.54) is 0 Å². The number of halogens is 1. The van der Waals surface area contributed by atoms with Crippen molar-refractivity contribution in [3.05, 3.63) is 45.1 Å². The van der Waals surface area contributed by atoms with Crippen molar-refractivity contribution in [2.24, 2.45) is 0 Å². The molecule has 5 nitrogen and oxygen atoms in total. The van der Waals surface area contributed by atoms with Crippen LogP contribution in [0.4, 0.5) is 11.5 Å². The zero-order valence-corrected chi connectivity index (χ0v) is 17.4. The van der Waals surface area contributed by atoms with Gasteiger partial charge in [-0.25, -0.2) is 9.78 Å². The van der Waals surface area contributed by atoms with E-state index < -0.39 is 5.97 Å². The predicted octanol–water partition coefficient (Wildman–Crippen LogP) is 5.78. The zero-order valence-electron chi connectivity index (χ0n) is 15.8. The summed E-state index contributed by atoms with van der Waals surface area (Å²) in [4.78, 5) is 16.4. The van der Waals surface area contributed by atoms with Crippen LogP contribution in [0.2, 0.25) is 0 Å². The first-order valence-corrected chi connectivity index (χ1v) is 9.51. The van der Waals surface area contributed by atoms with Crippen molar-refractivity contribution in [1.29, 1.82) is 0 Å². The van der Waals surface area contributed by atoms with Gasteiger partial charge >= 0.3 is 5.97 Å². The lowest BCUT2D eigenvalue weighted by molar-refractivity contribution is 0.0689. The van der Waals surface area contributed by atoms with Crippen LogP contribution < -0.4 is 10.1 Å². The molecule has 0 fully saturated rings. The molecule has 0 bridgehead atoms. The molecule has 1 aromatic carbocycles. The van der Waals surface area contributed by atoms with Crippen LogP contribution >= 0.6 is 15.9 Å². The van der Waals surface area contributed by atoms with Gasteiger partial charge in [-0.2, -0.15) is 0 Å². The number of aromatic carboxylic acids is 1. The summed E-state index contributed by atoms with van der Waals surface area (Å²) in [5.74, 6) is -0.408. The van der Waals surface area contributed by atoms with Gasteiger partial charge in [-0.15, -0.1) is 0 Å². The van der Waals surface area contributed by atoms with Crippen molar-refractivity contribution in [3.8, 4) is 5.75 Å². The van der Waals surface area contributed by atoms with E-state index in [4.69, 9.17) is 4.74 Å². The largest absolute Gasteiger partial charge is 0.489 e. The van der Waals surface area contributed by atoms with E-state index in [2.05, 4.69) is 26.2 Å². The van der Waals surface area contributed by atoms with Crippen molar-refractivity contribution in [2.75, 3.05) is 5.32 Å². The maximum atomic E-state index is 12.0. The molecule has 0 spiro atoms. The average Bonchev–Trinajstić information content (AvgIpc) is 2.55. The van der Waals surface area contributed by atoms with Gasteiger partial charge in [0.2, 0.25) is 0 Å². The van der Waals surface area contributed by atoms with Crippen molar-refractivity contribution in [2.45, 2.75) is 53.6 Å². The number of rotatable bonds is 7. The lowest BCUT2D eigenvalue weighted by Gasteiger charge is -2.20. The van der Waals surface area contributed by atoms with Crippen molar-refractivity contribution < 1.29 is 14.6 Å². The number of benzene rings is 1. The Morgan fingerprint density at radius 3 is 2.27 bits per heavy atom. The number of aryl methyl sites for hydroxylation is 3. The number of pyridine rings is 1. The number of carbonyl (C=O) groups is 1. The van der Waals surface area contributed by atoms with Gasteiger partial charge in [0.15, 0.2) is 0 Å². The molecule has 2 aromatic rings. The molecule has 0 aliphatic carbocycles. The van der Waals surface area contributed by atoms with E-state index in [0.29, 0.717) is 17.3 Å². The normalized spacial score (nSPS) is 10.9. The zero-order chi connectivity index (χ0) is 19.4. The molecule has 0 radical (unpaired) electrons. The Balaban J connectivity index is 2.55. The Morgan fingerprint density at radius 1 is 1.19 bits per heavy atom. The van der Waals surface area contributed by atoms with Crippen LogP contribution in [0.1, 0.15) is 53.9 Å². The maximum Gasteiger partial charge on any atom is 0.343 e. The maximum absolute atomic E-state index is 12.0. The summed E-state index contributed by atoms with van der Waals surface area (Å²) in [5.41, 5.74) is 3.61. The van der Waals surface area contributed by atoms with Gasteiger partial charge in [-0.1, -0.05) is 29.8 Å². The van der Waals surface area contributed by atoms with E-state index in [-0.39, 0.29) is 11.7 Å². The van der Waals surface area contributed by atoms with Crippen LogP contribution in [0.15, 0.2) is 22.7 Å². The Hall–Kier alpha value is -2.08. The highest BCUT2D eigenvalue weighted by atomic mass is 79.9. The molecule has 0 saturated heterocycles. The van der Waals surface area contributed by atoms with Gasteiger partial charge < -0.3 is 15.2 Å². The molecule has 2 rings (SSSR count). The second-order valence-electron chi connectivity index (χ2n) is 6.39. The third-order valence-corrected chi connectivity index (χ3v) is 4.73. The quantitative estimate of drug-likeness (QED) is 0.593. The first kappa shape index (κ1) is 20.2. The van der Waals surface area contributed by atoms with Crippen LogP contribution in [-0.4, -0.2) is 22.2 Å². The summed E-state index contributed by atoms with van der Waals surface area (Å²) in [6.07, 6.45) is 1.59. The second kappa shape index (κ2) is 8.54. The van der Waals surface area contributed by atoms with Gasteiger partial charge in [-0.05, 0) is 56.9 Å². The number of hydrogen-bond donors (Lipinski definition) is 2. The number of aromatic nitrogens is 1. The van der Waals surface area contributed by atoms with Gasteiger partial charge in [-0.3, -0.25) is 0 Å². The topological polar surface area (TPSA) is 71.5 Å². The van der Waals surface area contributed by atoms with Gasteiger partial charge in [0.25, 0.3) is 0 Å². The molecule has 0 saturated carbocycles. The lowest BCUT2D eigenvalue weighted by Crippen LogP contribution is -2.17. The summed E-state index contributed by atoms with van der Waals surface area (Å²) < 4.78 is 6.95.